The quantitative estimate of drug-likeness (QED) is 0.118. The average molecular weight is 551 g/mol. The molecule has 2 unspecified atom stereocenters. The highest BCUT2D eigenvalue weighted by Gasteiger charge is 2.25. The predicted molar refractivity (Wildman–Crippen MR) is 160 cm³/mol. The molecule has 0 amide bonds. The Morgan fingerprint density at radius 2 is 1.10 bits per heavy atom. The fourth-order valence-corrected chi connectivity index (χ4v) is 7.14. The van der Waals surface area contributed by atoms with Gasteiger partial charge in [0.25, 0.3) is 0 Å². The molecule has 0 radical (unpaired) electrons. The zero-order valence-electron chi connectivity index (χ0n) is 23.5. The highest BCUT2D eigenvalue weighted by molar-refractivity contribution is 7.73. The molecule has 7 heteroatoms. The molecule has 208 valence electrons. The van der Waals surface area contributed by atoms with Crippen molar-refractivity contribution in [2.75, 3.05) is 34.0 Å². The monoisotopic (exact) mass is 550 g/mol. The van der Waals surface area contributed by atoms with Gasteiger partial charge in [0, 0.05) is 35.6 Å². The first kappa shape index (κ1) is 29.3. The number of rotatable bonds is 15. The molecule has 0 spiro atoms. The van der Waals surface area contributed by atoms with E-state index in [1.165, 1.54) is 0 Å². The second-order valence-corrected chi connectivity index (χ2v) is 11.5. The Morgan fingerprint density at radius 1 is 0.641 bits per heavy atom. The van der Waals surface area contributed by atoms with E-state index in [1.54, 1.807) is 14.2 Å². The first-order chi connectivity index (χ1) is 19.1. The van der Waals surface area contributed by atoms with Crippen LogP contribution in [0.25, 0.3) is 21.5 Å². The molecule has 0 aliphatic heterocycles. The summed E-state index contributed by atoms with van der Waals surface area (Å²) in [5, 5.41) is 6.70. The first-order valence-electron chi connectivity index (χ1n) is 13.4. The smallest absolute Gasteiger partial charge is 0.192 e. The van der Waals surface area contributed by atoms with Gasteiger partial charge in [-0.2, -0.15) is 0 Å². The molecule has 6 nitrogen and oxygen atoms in total. The maximum atomic E-state index is 6.39. The minimum absolute atomic E-state index is 0.0940. The Hall–Kier alpha value is -2.73. The van der Waals surface area contributed by atoms with Crippen LogP contribution in [0.5, 0.6) is 11.5 Å². The van der Waals surface area contributed by atoms with Gasteiger partial charge < -0.3 is 28.4 Å². The van der Waals surface area contributed by atoms with E-state index in [2.05, 4.69) is 55.5 Å². The minimum Gasteiger partial charge on any atom is -0.466 e. The molecule has 0 aliphatic rings. The lowest BCUT2D eigenvalue weighted by molar-refractivity contribution is -0.149. The van der Waals surface area contributed by atoms with Gasteiger partial charge in [0.15, 0.2) is 26.2 Å². The molecule has 0 N–H and O–H groups in total. The van der Waals surface area contributed by atoms with E-state index in [0.29, 0.717) is 0 Å². The van der Waals surface area contributed by atoms with E-state index in [-0.39, 0.29) is 26.2 Å². The van der Waals surface area contributed by atoms with Crippen LogP contribution in [0.4, 0.5) is 0 Å². The molecule has 2 atom stereocenters. The third-order valence-electron chi connectivity index (χ3n) is 6.71. The molecule has 0 heterocycles. The largest absolute Gasteiger partial charge is 0.466 e. The molecule has 0 saturated heterocycles. The lowest BCUT2D eigenvalue weighted by Gasteiger charge is -2.26. The second kappa shape index (κ2) is 14.6. The summed E-state index contributed by atoms with van der Waals surface area (Å²) in [6.07, 6.45) is 2.45. The van der Waals surface area contributed by atoms with Gasteiger partial charge in [0.05, 0.1) is 0 Å². The summed E-state index contributed by atoms with van der Waals surface area (Å²) in [6, 6.07) is 25.4. The van der Waals surface area contributed by atoms with Crippen molar-refractivity contribution in [3.63, 3.8) is 0 Å². The number of ether oxygens (including phenoxy) is 6. The van der Waals surface area contributed by atoms with Crippen LogP contribution < -0.4 is 20.1 Å². The third kappa shape index (κ3) is 7.27. The second-order valence-electron chi connectivity index (χ2n) is 9.24. The molecular weight excluding hydrogens is 511 g/mol. The third-order valence-corrected chi connectivity index (χ3v) is 9.34. The SMILES string of the molecule is CCCCP(c1ccc2ccccc2c1OCOC(C)OC)c1ccc2ccccc2c1OCOC(C)OC. The summed E-state index contributed by atoms with van der Waals surface area (Å²) in [5.41, 5.74) is 0. The number of fused-ring (bicyclic) bond motifs is 2. The summed E-state index contributed by atoms with van der Waals surface area (Å²) < 4.78 is 34.8. The predicted octanol–water partition coefficient (Wildman–Crippen LogP) is 6.92. The van der Waals surface area contributed by atoms with Crippen molar-refractivity contribution < 1.29 is 28.4 Å². The molecule has 4 aromatic rings. The molecule has 4 aromatic carbocycles. The fraction of sp³-hybridized carbons (Fsp3) is 0.375. The zero-order valence-corrected chi connectivity index (χ0v) is 24.4. The summed E-state index contributed by atoms with van der Waals surface area (Å²) in [6.45, 7) is 6.12. The zero-order chi connectivity index (χ0) is 27.6. The van der Waals surface area contributed by atoms with Gasteiger partial charge in [-0.1, -0.05) is 74.0 Å². The van der Waals surface area contributed by atoms with E-state index in [0.717, 1.165) is 62.7 Å². The molecular formula is C32H39O6P. The van der Waals surface area contributed by atoms with Gasteiger partial charge in [-0.25, -0.2) is 0 Å². The van der Waals surface area contributed by atoms with Gasteiger partial charge >= 0.3 is 0 Å². The van der Waals surface area contributed by atoms with Crippen LogP contribution >= 0.6 is 7.92 Å². The minimum atomic E-state index is -0.839. The van der Waals surface area contributed by atoms with Crippen LogP contribution in [-0.4, -0.2) is 46.5 Å². The number of unbranched alkanes of at least 4 members (excludes halogenated alkanes) is 1. The average Bonchev–Trinajstić information content (AvgIpc) is 2.98. The van der Waals surface area contributed by atoms with Crippen LogP contribution in [0.15, 0.2) is 72.8 Å². The van der Waals surface area contributed by atoms with Crippen LogP contribution in [0.3, 0.4) is 0 Å². The normalized spacial score (nSPS) is 13.9. The number of hydrogen-bond donors (Lipinski definition) is 0. The maximum absolute atomic E-state index is 6.39. The van der Waals surface area contributed by atoms with E-state index in [1.807, 2.05) is 38.1 Å². The summed E-state index contributed by atoms with van der Waals surface area (Å²) >= 11 is 0. The maximum Gasteiger partial charge on any atom is 0.192 e. The lowest BCUT2D eigenvalue weighted by atomic mass is 10.1. The van der Waals surface area contributed by atoms with E-state index < -0.39 is 7.92 Å². The standard InChI is InChI=1S/C32H39O6P/c1-6-7-20-39(29-18-16-25-12-8-10-14-27(25)31(29)37-21-35-23(2)33-4)30-19-17-26-13-9-11-15-28(26)32(30)38-22-36-24(3)34-5/h8-19,23-24H,6-7,20-22H2,1-5H3. The van der Waals surface area contributed by atoms with E-state index in [4.69, 9.17) is 28.4 Å². The van der Waals surface area contributed by atoms with Crippen molar-refractivity contribution in [2.45, 2.75) is 46.2 Å². The van der Waals surface area contributed by atoms with Crippen LogP contribution in [0.1, 0.15) is 33.6 Å². The molecule has 0 aromatic heterocycles. The topological polar surface area (TPSA) is 55.4 Å². The van der Waals surface area contributed by atoms with Crippen molar-refractivity contribution in [3.05, 3.63) is 72.8 Å². The summed E-state index contributed by atoms with van der Waals surface area (Å²) in [4.78, 5) is 0. The first-order valence-corrected chi connectivity index (χ1v) is 15.0. The molecule has 4 rings (SSSR count). The van der Waals surface area contributed by atoms with Crippen molar-refractivity contribution in [1.29, 1.82) is 0 Å². The lowest BCUT2D eigenvalue weighted by Crippen LogP contribution is -2.22. The van der Waals surface area contributed by atoms with Gasteiger partial charge in [0.1, 0.15) is 11.5 Å². The van der Waals surface area contributed by atoms with Crippen LogP contribution in [-0.2, 0) is 18.9 Å². The van der Waals surface area contributed by atoms with Gasteiger partial charge in [-0.15, -0.1) is 0 Å². The Balaban J connectivity index is 1.83. The van der Waals surface area contributed by atoms with Gasteiger partial charge in [0.2, 0.25) is 0 Å². The number of hydrogen-bond acceptors (Lipinski definition) is 6. The van der Waals surface area contributed by atoms with Crippen molar-refractivity contribution >= 4 is 40.1 Å². The number of methoxy groups -OCH3 is 2. The van der Waals surface area contributed by atoms with Gasteiger partial charge in [-0.3, -0.25) is 0 Å². The highest BCUT2D eigenvalue weighted by Crippen LogP contribution is 2.45. The Bertz CT molecular complexity index is 1240. The molecule has 0 bridgehead atoms. The summed E-state index contributed by atoms with van der Waals surface area (Å²) in [5.74, 6) is 1.70. The van der Waals surface area contributed by atoms with E-state index >= 15 is 0 Å². The number of benzene rings is 4. The summed E-state index contributed by atoms with van der Waals surface area (Å²) in [7, 11) is 2.40. The fourth-order valence-electron chi connectivity index (χ4n) is 4.39. The Morgan fingerprint density at radius 3 is 1.54 bits per heavy atom. The van der Waals surface area contributed by atoms with Gasteiger partial charge in [-0.05, 0) is 57.3 Å². The molecule has 0 fully saturated rings. The van der Waals surface area contributed by atoms with Crippen LogP contribution in [0.2, 0.25) is 0 Å². The van der Waals surface area contributed by atoms with E-state index in [9.17, 15) is 0 Å². The van der Waals surface area contributed by atoms with Crippen LogP contribution in [0, 0.1) is 0 Å². The molecule has 39 heavy (non-hydrogen) atoms. The van der Waals surface area contributed by atoms with Crippen molar-refractivity contribution in [1.82, 2.24) is 0 Å². The van der Waals surface area contributed by atoms with Crippen molar-refractivity contribution in [2.24, 2.45) is 0 Å². The Labute approximate surface area is 232 Å². The molecule has 0 saturated carbocycles. The molecule has 0 aliphatic carbocycles. The van der Waals surface area contributed by atoms with Crippen molar-refractivity contribution in [3.8, 4) is 11.5 Å². The Kier molecular flexibility index (Phi) is 11.0. The highest BCUT2D eigenvalue weighted by atomic mass is 31.1.